The molecule has 3 aromatic rings. The second kappa shape index (κ2) is 9.03. The average molecular weight is 499 g/mol. The molecule has 4 rings (SSSR count). The molecule has 8 heteroatoms. The summed E-state index contributed by atoms with van der Waals surface area (Å²) in [7, 11) is 0. The summed E-state index contributed by atoms with van der Waals surface area (Å²) in [6.45, 7) is 3.76. The first-order valence-corrected chi connectivity index (χ1v) is 11.3. The first-order valence-electron chi connectivity index (χ1n) is 9.65. The highest BCUT2D eigenvalue weighted by Crippen LogP contribution is 2.31. The Labute approximate surface area is 190 Å². The zero-order valence-corrected chi connectivity index (χ0v) is 19.3. The van der Waals surface area contributed by atoms with E-state index in [4.69, 9.17) is 9.15 Å². The number of aromatic nitrogens is 1. The number of halogens is 1. The Morgan fingerprint density at radius 1 is 1.32 bits per heavy atom. The third-order valence-corrected chi connectivity index (χ3v) is 6.28. The third kappa shape index (κ3) is 4.26. The van der Waals surface area contributed by atoms with Crippen LogP contribution >= 0.6 is 27.3 Å². The van der Waals surface area contributed by atoms with Crippen molar-refractivity contribution >= 4 is 45.4 Å². The fourth-order valence-corrected chi connectivity index (χ4v) is 4.65. The molecule has 1 atom stereocenters. The number of hydrogen-bond acceptors (Lipinski definition) is 6. The van der Waals surface area contributed by atoms with Crippen molar-refractivity contribution in [3.8, 4) is 0 Å². The number of rotatable bonds is 5. The summed E-state index contributed by atoms with van der Waals surface area (Å²) in [5.74, 6) is 0.223. The van der Waals surface area contributed by atoms with Crippen molar-refractivity contribution in [1.29, 1.82) is 0 Å². The summed E-state index contributed by atoms with van der Waals surface area (Å²) >= 11 is 4.72. The minimum Gasteiger partial charge on any atom is -0.465 e. The molecule has 0 saturated carbocycles. The molecule has 1 aliphatic heterocycles. The zero-order valence-electron chi connectivity index (χ0n) is 16.9. The number of esters is 1. The lowest BCUT2D eigenvalue weighted by Gasteiger charge is -2.24. The van der Waals surface area contributed by atoms with Crippen molar-refractivity contribution in [2.24, 2.45) is 4.99 Å². The van der Waals surface area contributed by atoms with Gasteiger partial charge in [-0.3, -0.25) is 9.36 Å². The number of allylic oxidation sites excluding steroid dienone is 2. The van der Waals surface area contributed by atoms with Crippen LogP contribution in [0.15, 0.2) is 78.7 Å². The summed E-state index contributed by atoms with van der Waals surface area (Å²) in [6, 6.07) is 10.6. The number of ether oxygens (including phenoxy) is 1. The summed E-state index contributed by atoms with van der Waals surface area (Å²) in [4.78, 5) is 31.2. The van der Waals surface area contributed by atoms with Crippen molar-refractivity contribution in [3.63, 3.8) is 0 Å². The first kappa shape index (κ1) is 21.3. The van der Waals surface area contributed by atoms with Gasteiger partial charge in [0.1, 0.15) is 5.76 Å². The number of carbonyl (C=O) groups is 1. The van der Waals surface area contributed by atoms with Gasteiger partial charge in [0.15, 0.2) is 4.80 Å². The van der Waals surface area contributed by atoms with E-state index in [1.807, 2.05) is 30.3 Å². The van der Waals surface area contributed by atoms with Crippen LogP contribution in [0, 0.1) is 0 Å². The van der Waals surface area contributed by atoms with E-state index in [-0.39, 0.29) is 12.2 Å². The maximum Gasteiger partial charge on any atom is 0.338 e. The van der Waals surface area contributed by atoms with Gasteiger partial charge in [0.05, 0.1) is 34.7 Å². The standard InChI is InChI=1S/C23H19BrN2O4S/c1-3-29-22(28)19-14(2)25-23-26(20(19)15-9-11-16(24)12-10-15)21(27)18(31-23)8-4-6-17-7-5-13-30-17/h4-13,20H,3H2,1-2H3. The molecule has 0 aliphatic carbocycles. The van der Waals surface area contributed by atoms with Crippen LogP contribution in [-0.4, -0.2) is 17.1 Å². The molecule has 1 aliphatic rings. The summed E-state index contributed by atoms with van der Waals surface area (Å²) < 4.78 is 13.6. The van der Waals surface area contributed by atoms with Crippen LogP contribution in [0.3, 0.4) is 0 Å². The highest BCUT2D eigenvalue weighted by molar-refractivity contribution is 9.10. The summed E-state index contributed by atoms with van der Waals surface area (Å²) in [6.07, 6.45) is 6.86. The normalized spacial score (nSPS) is 16.5. The number of thiazole rings is 1. The molecule has 2 aromatic heterocycles. The quantitative estimate of drug-likeness (QED) is 0.501. The minimum atomic E-state index is -0.611. The molecule has 0 radical (unpaired) electrons. The summed E-state index contributed by atoms with van der Waals surface area (Å²) in [5, 5.41) is 0. The van der Waals surface area contributed by atoms with Crippen molar-refractivity contribution in [2.45, 2.75) is 19.9 Å². The van der Waals surface area contributed by atoms with Gasteiger partial charge in [-0.1, -0.05) is 45.5 Å². The maximum atomic E-state index is 13.3. The highest BCUT2D eigenvalue weighted by Gasteiger charge is 2.33. The molecule has 0 N–H and O–H groups in total. The lowest BCUT2D eigenvalue weighted by atomic mass is 9.96. The van der Waals surface area contributed by atoms with E-state index in [1.54, 1.807) is 49.0 Å². The van der Waals surface area contributed by atoms with Crippen LogP contribution in [0.5, 0.6) is 0 Å². The molecule has 6 nitrogen and oxygen atoms in total. The molecular weight excluding hydrogens is 480 g/mol. The van der Waals surface area contributed by atoms with Gasteiger partial charge in [-0.15, -0.1) is 0 Å². The minimum absolute atomic E-state index is 0.213. The van der Waals surface area contributed by atoms with Crippen LogP contribution in [-0.2, 0) is 9.53 Å². The molecule has 3 heterocycles. The van der Waals surface area contributed by atoms with Gasteiger partial charge in [0, 0.05) is 4.47 Å². The fraction of sp³-hybridized carbons (Fsp3) is 0.174. The lowest BCUT2D eigenvalue weighted by Crippen LogP contribution is -2.39. The molecule has 1 aromatic carbocycles. The predicted molar refractivity (Wildman–Crippen MR) is 123 cm³/mol. The monoisotopic (exact) mass is 498 g/mol. The van der Waals surface area contributed by atoms with Crippen molar-refractivity contribution in [2.75, 3.05) is 6.61 Å². The van der Waals surface area contributed by atoms with E-state index in [2.05, 4.69) is 20.9 Å². The Balaban J connectivity index is 1.87. The van der Waals surface area contributed by atoms with Crippen molar-refractivity contribution < 1.29 is 13.9 Å². The number of hydrogen-bond donors (Lipinski definition) is 0. The molecule has 0 amide bonds. The Morgan fingerprint density at radius 2 is 2.10 bits per heavy atom. The van der Waals surface area contributed by atoms with Crippen LogP contribution in [0.1, 0.15) is 31.2 Å². The molecule has 0 spiro atoms. The second-order valence-electron chi connectivity index (χ2n) is 6.75. The van der Waals surface area contributed by atoms with Crippen LogP contribution < -0.4 is 14.9 Å². The van der Waals surface area contributed by atoms with E-state index >= 15 is 0 Å². The van der Waals surface area contributed by atoms with Crippen molar-refractivity contribution in [3.05, 3.63) is 95.5 Å². The average Bonchev–Trinajstić information content (AvgIpc) is 3.36. The van der Waals surface area contributed by atoms with Crippen LogP contribution in [0.25, 0.3) is 12.2 Å². The maximum absolute atomic E-state index is 13.3. The van der Waals surface area contributed by atoms with Gasteiger partial charge >= 0.3 is 5.97 Å². The Morgan fingerprint density at radius 3 is 2.77 bits per heavy atom. The zero-order chi connectivity index (χ0) is 22.0. The Hall–Kier alpha value is -2.97. The molecule has 1 unspecified atom stereocenters. The van der Waals surface area contributed by atoms with Gasteiger partial charge < -0.3 is 9.15 Å². The molecule has 0 saturated heterocycles. The SMILES string of the molecule is CCOC(=O)C1=C(C)N=c2sc(=CC=Cc3ccco3)c(=O)n2C1c1ccc(Br)cc1. The molecular formula is C23H19BrN2O4S. The number of nitrogens with zero attached hydrogens (tertiary/aromatic N) is 2. The molecule has 0 fully saturated rings. The van der Waals surface area contributed by atoms with Gasteiger partial charge in [0.2, 0.25) is 0 Å². The van der Waals surface area contributed by atoms with Gasteiger partial charge in [-0.2, -0.15) is 0 Å². The molecule has 31 heavy (non-hydrogen) atoms. The van der Waals surface area contributed by atoms with Crippen LogP contribution in [0.4, 0.5) is 0 Å². The predicted octanol–water partition coefficient (Wildman–Crippen LogP) is 3.82. The summed E-state index contributed by atoms with van der Waals surface area (Å²) in [5.41, 5.74) is 1.51. The fourth-order valence-electron chi connectivity index (χ4n) is 3.38. The van der Waals surface area contributed by atoms with E-state index < -0.39 is 12.0 Å². The topological polar surface area (TPSA) is 73.8 Å². The molecule has 158 valence electrons. The third-order valence-electron chi connectivity index (χ3n) is 4.75. The van der Waals surface area contributed by atoms with Gasteiger partial charge in [-0.05, 0) is 55.8 Å². The van der Waals surface area contributed by atoms with E-state index in [0.29, 0.717) is 26.4 Å². The smallest absolute Gasteiger partial charge is 0.338 e. The van der Waals surface area contributed by atoms with Crippen molar-refractivity contribution in [1.82, 2.24) is 4.57 Å². The Kier molecular flexibility index (Phi) is 6.20. The molecule has 0 bridgehead atoms. The Bertz CT molecular complexity index is 1350. The van der Waals surface area contributed by atoms with Gasteiger partial charge in [-0.25, -0.2) is 9.79 Å². The van der Waals surface area contributed by atoms with E-state index in [1.165, 1.54) is 11.3 Å². The number of carbonyl (C=O) groups excluding carboxylic acids is 1. The largest absolute Gasteiger partial charge is 0.465 e. The second-order valence-corrected chi connectivity index (χ2v) is 8.68. The van der Waals surface area contributed by atoms with Crippen LogP contribution in [0.2, 0.25) is 0 Å². The van der Waals surface area contributed by atoms with E-state index in [9.17, 15) is 9.59 Å². The van der Waals surface area contributed by atoms with Gasteiger partial charge in [0.25, 0.3) is 5.56 Å². The number of furan rings is 1. The number of fused-ring (bicyclic) bond motifs is 1. The lowest BCUT2D eigenvalue weighted by molar-refractivity contribution is -0.139. The highest BCUT2D eigenvalue weighted by atomic mass is 79.9. The number of benzene rings is 1. The van der Waals surface area contributed by atoms with E-state index in [0.717, 1.165) is 10.0 Å². The first-order chi connectivity index (χ1) is 15.0.